The molecular formula is C11H11Cl2NO2. The molecule has 86 valence electrons. The summed E-state index contributed by atoms with van der Waals surface area (Å²) in [6, 6.07) is 4.99. The van der Waals surface area contributed by atoms with Crippen LogP contribution in [-0.2, 0) is 4.79 Å². The number of amides is 1. The largest absolute Gasteiger partial charge is 0.481 e. The summed E-state index contributed by atoms with van der Waals surface area (Å²) in [6.07, 6.45) is 1.58. The molecule has 1 amide bonds. The van der Waals surface area contributed by atoms with Crippen LogP contribution in [0.2, 0.25) is 10.0 Å². The highest BCUT2D eigenvalue weighted by Crippen LogP contribution is 2.32. The van der Waals surface area contributed by atoms with Crippen molar-refractivity contribution in [2.75, 3.05) is 13.2 Å². The van der Waals surface area contributed by atoms with Gasteiger partial charge >= 0.3 is 0 Å². The molecule has 1 N–H and O–H groups in total. The summed E-state index contributed by atoms with van der Waals surface area (Å²) in [6.45, 7) is 3.75. The van der Waals surface area contributed by atoms with Gasteiger partial charge in [0.1, 0.15) is 0 Å². The van der Waals surface area contributed by atoms with Gasteiger partial charge in [-0.2, -0.15) is 0 Å². The number of carbonyl (C=O) groups excluding carboxylic acids is 1. The van der Waals surface area contributed by atoms with E-state index in [9.17, 15) is 4.79 Å². The van der Waals surface area contributed by atoms with Crippen molar-refractivity contribution in [2.24, 2.45) is 0 Å². The van der Waals surface area contributed by atoms with E-state index in [4.69, 9.17) is 27.9 Å². The molecule has 0 fully saturated rings. The van der Waals surface area contributed by atoms with Crippen molar-refractivity contribution in [3.63, 3.8) is 0 Å². The summed E-state index contributed by atoms with van der Waals surface area (Å²) in [5.41, 5.74) is 0. The van der Waals surface area contributed by atoms with E-state index in [-0.39, 0.29) is 12.5 Å². The number of para-hydroxylation sites is 1. The first-order valence-electron chi connectivity index (χ1n) is 4.59. The van der Waals surface area contributed by atoms with Crippen LogP contribution in [0.5, 0.6) is 5.75 Å². The molecule has 0 aliphatic carbocycles. The highest BCUT2D eigenvalue weighted by Gasteiger charge is 2.08. The first-order chi connectivity index (χ1) is 7.65. The maximum Gasteiger partial charge on any atom is 0.258 e. The van der Waals surface area contributed by atoms with Crippen LogP contribution >= 0.6 is 23.2 Å². The predicted octanol–water partition coefficient (Wildman–Crippen LogP) is 2.67. The Morgan fingerprint density at radius 2 is 2.06 bits per heavy atom. The van der Waals surface area contributed by atoms with E-state index in [0.29, 0.717) is 22.3 Å². The van der Waals surface area contributed by atoms with E-state index < -0.39 is 0 Å². The topological polar surface area (TPSA) is 38.3 Å². The lowest BCUT2D eigenvalue weighted by atomic mass is 10.3. The Morgan fingerprint density at radius 3 is 2.62 bits per heavy atom. The third-order valence-corrected chi connectivity index (χ3v) is 2.31. The molecule has 0 spiro atoms. The van der Waals surface area contributed by atoms with Gasteiger partial charge in [0.15, 0.2) is 12.4 Å². The van der Waals surface area contributed by atoms with E-state index in [2.05, 4.69) is 11.9 Å². The van der Waals surface area contributed by atoms with Crippen LogP contribution in [-0.4, -0.2) is 19.1 Å². The van der Waals surface area contributed by atoms with E-state index in [1.807, 2.05) is 0 Å². The fourth-order valence-corrected chi connectivity index (χ4v) is 1.50. The predicted molar refractivity (Wildman–Crippen MR) is 65.2 cm³/mol. The molecule has 3 nitrogen and oxygen atoms in total. The minimum Gasteiger partial charge on any atom is -0.481 e. The molecule has 1 aromatic carbocycles. The van der Waals surface area contributed by atoms with Crippen molar-refractivity contribution >= 4 is 29.1 Å². The van der Waals surface area contributed by atoms with Crippen molar-refractivity contribution in [1.29, 1.82) is 0 Å². The smallest absolute Gasteiger partial charge is 0.258 e. The quantitative estimate of drug-likeness (QED) is 0.826. The lowest BCUT2D eigenvalue weighted by Gasteiger charge is -2.09. The van der Waals surface area contributed by atoms with E-state index in [1.165, 1.54) is 0 Å². The Kier molecular flexibility index (Phi) is 5.15. The second-order valence-electron chi connectivity index (χ2n) is 2.93. The number of ether oxygens (including phenoxy) is 1. The minimum absolute atomic E-state index is 0.128. The molecule has 0 aromatic heterocycles. The molecule has 1 aromatic rings. The van der Waals surface area contributed by atoms with E-state index in [1.54, 1.807) is 24.3 Å². The number of benzene rings is 1. The van der Waals surface area contributed by atoms with Crippen molar-refractivity contribution < 1.29 is 9.53 Å². The van der Waals surface area contributed by atoms with Gasteiger partial charge in [-0.05, 0) is 12.1 Å². The zero-order valence-electron chi connectivity index (χ0n) is 8.50. The number of nitrogens with one attached hydrogen (secondary N) is 1. The number of hydrogen-bond acceptors (Lipinski definition) is 2. The Morgan fingerprint density at radius 1 is 1.44 bits per heavy atom. The second-order valence-corrected chi connectivity index (χ2v) is 3.75. The Hall–Kier alpha value is -1.19. The molecular weight excluding hydrogens is 249 g/mol. The molecule has 0 aliphatic heterocycles. The summed E-state index contributed by atoms with van der Waals surface area (Å²) < 4.78 is 5.22. The number of halogens is 2. The lowest BCUT2D eigenvalue weighted by molar-refractivity contribution is -0.122. The maximum atomic E-state index is 11.2. The zero-order chi connectivity index (χ0) is 12.0. The molecule has 16 heavy (non-hydrogen) atoms. The third-order valence-electron chi connectivity index (χ3n) is 1.71. The molecule has 0 saturated heterocycles. The normalized spacial score (nSPS) is 9.62. The lowest BCUT2D eigenvalue weighted by Crippen LogP contribution is -2.28. The third kappa shape index (κ3) is 3.76. The van der Waals surface area contributed by atoms with Gasteiger partial charge in [-0.25, -0.2) is 0 Å². The Balaban J connectivity index is 2.54. The van der Waals surface area contributed by atoms with Crippen molar-refractivity contribution in [3.8, 4) is 5.75 Å². The van der Waals surface area contributed by atoms with Crippen LogP contribution < -0.4 is 10.1 Å². The van der Waals surface area contributed by atoms with Crippen LogP contribution in [0.3, 0.4) is 0 Å². The highest BCUT2D eigenvalue weighted by molar-refractivity contribution is 6.37. The monoisotopic (exact) mass is 259 g/mol. The number of hydrogen-bond donors (Lipinski definition) is 1. The SMILES string of the molecule is C=CCNC(=O)COc1c(Cl)cccc1Cl. The van der Waals surface area contributed by atoms with Gasteiger partial charge < -0.3 is 10.1 Å². The fraction of sp³-hybridized carbons (Fsp3) is 0.182. The first kappa shape index (κ1) is 12.9. The van der Waals surface area contributed by atoms with Gasteiger partial charge in [0.05, 0.1) is 10.0 Å². The van der Waals surface area contributed by atoms with Crippen LogP contribution in [0.4, 0.5) is 0 Å². The Labute approximate surface area is 104 Å². The van der Waals surface area contributed by atoms with Crippen LogP contribution in [0.15, 0.2) is 30.9 Å². The molecule has 1 rings (SSSR count). The van der Waals surface area contributed by atoms with E-state index >= 15 is 0 Å². The molecule has 5 heteroatoms. The van der Waals surface area contributed by atoms with Gasteiger partial charge in [-0.3, -0.25) is 4.79 Å². The highest BCUT2D eigenvalue weighted by atomic mass is 35.5. The van der Waals surface area contributed by atoms with Crippen molar-refractivity contribution in [1.82, 2.24) is 5.32 Å². The molecule has 0 unspecified atom stereocenters. The second kappa shape index (κ2) is 6.40. The van der Waals surface area contributed by atoms with Gasteiger partial charge in [-0.15, -0.1) is 6.58 Å². The van der Waals surface area contributed by atoms with Crippen LogP contribution in [0.1, 0.15) is 0 Å². The van der Waals surface area contributed by atoms with Gasteiger partial charge in [0, 0.05) is 6.54 Å². The average molecular weight is 260 g/mol. The zero-order valence-corrected chi connectivity index (χ0v) is 10.0. The number of rotatable bonds is 5. The summed E-state index contributed by atoms with van der Waals surface area (Å²) in [5.74, 6) is 0.0653. The van der Waals surface area contributed by atoms with Gasteiger partial charge in [0.2, 0.25) is 0 Å². The van der Waals surface area contributed by atoms with E-state index in [0.717, 1.165) is 0 Å². The van der Waals surface area contributed by atoms with Gasteiger partial charge in [-0.1, -0.05) is 35.3 Å². The fourth-order valence-electron chi connectivity index (χ4n) is 0.995. The molecule has 0 aliphatic rings. The maximum absolute atomic E-state index is 11.2. The molecule has 0 atom stereocenters. The van der Waals surface area contributed by atoms with Gasteiger partial charge in [0.25, 0.3) is 5.91 Å². The molecule has 0 saturated carbocycles. The van der Waals surface area contributed by atoms with Crippen molar-refractivity contribution in [2.45, 2.75) is 0 Å². The average Bonchev–Trinajstić information content (AvgIpc) is 2.25. The molecule has 0 bridgehead atoms. The summed E-state index contributed by atoms with van der Waals surface area (Å²) >= 11 is 11.7. The molecule has 0 heterocycles. The standard InChI is InChI=1S/C11H11Cl2NO2/c1-2-6-14-10(15)7-16-11-8(12)4-3-5-9(11)13/h2-5H,1,6-7H2,(H,14,15). The Bertz CT molecular complexity index is 373. The molecule has 0 radical (unpaired) electrons. The van der Waals surface area contributed by atoms with Crippen LogP contribution in [0.25, 0.3) is 0 Å². The summed E-state index contributed by atoms with van der Waals surface area (Å²) in [4.78, 5) is 11.2. The number of carbonyl (C=O) groups is 1. The minimum atomic E-state index is -0.254. The first-order valence-corrected chi connectivity index (χ1v) is 5.35. The van der Waals surface area contributed by atoms with Crippen molar-refractivity contribution in [3.05, 3.63) is 40.9 Å². The van der Waals surface area contributed by atoms with Crippen LogP contribution in [0, 0.1) is 0 Å². The summed E-state index contributed by atoms with van der Waals surface area (Å²) in [7, 11) is 0. The summed E-state index contributed by atoms with van der Waals surface area (Å²) in [5, 5.41) is 3.33.